The molecule has 2 aromatic rings. The molecule has 0 atom stereocenters. The van der Waals surface area contributed by atoms with Crippen molar-refractivity contribution in [1.29, 1.82) is 0 Å². The lowest BCUT2D eigenvalue weighted by atomic mass is 10.2. The highest BCUT2D eigenvalue weighted by Crippen LogP contribution is 2.32. The quantitative estimate of drug-likeness (QED) is 0.753. The molecule has 1 aromatic carbocycles. The Labute approximate surface area is 136 Å². The number of ketones is 1. The third kappa shape index (κ3) is 3.68. The van der Waals surface area contributed by atoms with E-state index in [0.717, 1.165) is 7.57 Å². The second-order valence-electron chi connectivity index (χ2n) is 3.84. The van der Waals surface area contributed by atoms with E-state index in [4.69, 9.17) is 10.5 Å². The van der Waals surface area contributed by atoms with Gasteiger partial charge in [0.1, 0.15) is 5.75 Å². The number of nitrogens with two attached hydrogens (primary N) is 1. The second-order valence-corrected chi connectivity index (χ2v) is 7.59. The van der Waals surface area contributed by atoms with Gasteiger partial charge in [-0.1, -0.05) is 6.07 Å². The highest BCUT2D eigenvalue weighted by molar-refractivity contribution is 9.12. The Kier molecular flexibility index (Phi) is 4.95. The molecule has 1 amide bonds. The minimum atomic E-state index is -0.536. The topological polar surface area (TPSA) is 69.4 Å². The highest BCUT2D eigenvalue weighted by atomic mass is 79.9. The molecule has 2 N–H and O–H groups in total. The summed E-state index contributed by atoms with van der Waals surface area (Å²) >= 11 is 8.06. The lowest BCUT2D eigenvalue weighted by Gasteiger charge is -2.06. The zero-order chi connectivity index (χ0) is 14.7. The van der Waals surface area contributed by atoms with Crippen LogP contribution in [0.15, 0.2) is 37.9 Å². The molecule has 1 aromatic heterocycles. The largest absolute Gasteiger partial charge is 0.485 e. The maximum absolute atomic E-state index is 12.0. The average Bonchev–Trinajstić information content (AvgIpc) is 2.75. The first kappa shape index (κ1) is 15.2. The second kappa shape index (κ2) is 6.51. The van der Waals surface area contributed by atoms with E-state index in [0.29, 0.717) is 16.9 Å². The standard InChI is InChI=1S/C13H9Br2NO3S/c14-11-5-9(12(15)20-11)10(17)6-19-8-3-1-2-7(4-8)13(16)18/h1-5H,6H2,(H2,16,18). The van der Waals surface area contributed by atoms with E-state index < -0.39 is 5.91 Å². The van der Waals surface area contributed by atoms with Crippen molar-refractivity contribution >= 4 is 54.9 Å². The smallest absolute Gasteiger partial charge is 0.248 e. The monoisotopic (exact) mass is 417 g/mol. The minimum Gasteiger partial charge on any atom is -0.485 e. The maximum atomic E-state index is 12.0. The van der Waals surface area contributed by atoms with Crippen LogP contribution in [0.4, 0.5) is 0 Å². The summed E-state index contributed by atoms with van der Waals surface area (Å²) in [6, 6.07) is 8.15. The number of halogens is 2. The SMILES string of the molecule is NC(=O)c1cccc(OCC(=O)c2cc(Br)sc2Br)c1. The zero-order valence-corrected chi connectivity index (χ0v) is 14.0. The Balaban J connectivity index is 2.05. The predicted octanol–water partition coefficient (Wildman–Crippen LogP) is 3.63. The predicted molar refractivity (Wildman–Crippen MR) is 84.5 cm³/mol. The maximum Gasteiger partial charge on any atom is 0.248 e. The Morgan fingerprint density at radius 1 is 1.25 bits per heavy atom. The molecule has 4 nitrogen and oxygen atoms in total. The molecule has 0 aliphatic carbocycles. The van der Waals surface area contributed by atoms with Crippen molar-refractivity contribution in [2.45, 2.75) is 0 Å². The van der Waals surface area contributed by atoms with E-state index in [1.807, 2.05) is 0 Å². The van der Waals surface area contributed by atoms with E-state index in [2.05, 4.69) is 31.9 Å². The minimum absolute atomic E-state index is 0.107. The molecule has 2 rings (SSSR count). The fourth-order valence-corrected chi connectivity index (χ4v) is 4.35. The van der Waals surface area contributed by atoms with Crippen LogP contribution in [0, 0.1) is 0 Å². The van der Waals surface area contributed by atoms with Gasteiger partial charge in [-0.25, -0.2) is 0 Å². The van der Waals surface area contributed by atoms with E-state index in [1.165, 1.54) is 17.4 Å². The summed E-state index contributed by atoms with van der Waals surface area (Å²) < 4.78 is 7.01. The molecule has 0 saturated heterocycles. The molecule has 104 valence electrons. The first-order valence-electron chi connectivity index (χ1n) is 5.48. The summed E-state index contributed by atoms with van der Waals surface area (Å²) in [6.07, 6.45) is 0. The number of hydrogen-bond donors (Lipinski definition) is 1. The van der Waals surface area contributed by atoms with E-state index in [1.54, 1.807) is 24.3 Å². The van der Waals surface area contributed by atoms with Crippen molar-refractivity contribution in [3.05, 3.63) is 49.0 Å². The molecule has 0 unspecified atom stereocenters. The van der Waals surface area contributed by atoms with Gasteiger partial charge >= 0.3 is 0 Å². The van der Waals surface area contributed by atoms with Crippen LogP contribution in [-0.2, 0) is 0 Å². The summed E-state index contributed by atoms with van der Waals surface area (Å²) in [5, 5.41) is 0. The number of hydrogen-bond acceptors (Lipinski definition) is 4. The van der Waals surface area contributed by atoms with Crippen LogP contribution in [0.1, 0.15) is 20.7 Å². The number of carbonyl (C=O) groups excluding carboxylic acids is 2. The third-order valence-corrected chi connectivity index (χ3v) is 4.78. The normalized spacial score (nSPS) is 10.3. The van der Waals surface area contributed by atoms with E-state index in [9.17, 15) is 9.59 Å². The van der Waals surface area contributed by atoms with Gasteiger partial charge < -0.3 is 10.5 Å². The van der Waals surface area contributed by atoms with Gasteiger partial charge in [0.15, 0.2) is 6.61 Å². The number of benzene rings is 1. The van der Waals surface area contributed by atoms with E-state index in [-0.39, 0.29) is 12.4 Å². The third-order valence-electron chi connectivity index (χ3n) is 2.45. The summed E-state index contributed by atoms with van der Waals surface area (Å²) in [5.41, 5.74) is 6.09. The molecular formula is C13H9Br2NO3S. The molecule has 0 bridgehead atoms. The van der Waals surface area contributed by atoms with Crippen LogP contribution < -0.4 is 10.5 Å². The highest BCUT2D eigenvalue weighted by Gasteiger charge is 2.14. The van der Waals surface area contributed by atoms with Crippen LogP contribution >= 0.6 is 43.2 Å². The lowest BCUT2D eigenvalue weighted by Crippen LogP contribution is -2.13. The first-order chi connectivity index (χ1) is 9.47. The van der Waals surface area contributed by atoms with Crippen molar-refractivity contribution in [1.82, 2.24) is 0 Å². The van der Waals surface area contributed by atoms with Crippen molar-refractivity contribution in [2.24, 2.45) is 5.73 Å². The summed E-state index contributed by atoms with van der Waals surface area (Å²) in [7, 11) is 0. The average molecular weight is 419 g/mol. The van der Waals surface area contributed by atoms with Crippen molar-refractivity contribution in [3.8, 4) is 5.75 Å². The van der Waals surface area contributed by atoms with Crippen LogP contribution in [0.25, 0.3) is 0 Å². The fourth-order valence-electron chi connectivity index (χ4n) is 1.50. The van der Waals surface area contributed by atoms with Gasteiger partial charge in [0.05, 0.1) is 7.57 Å². The van der Waals surface area contributed by atoms with E-state index >= 15 is 0 Å². The van der Waals surface area contributed by atoms with Gasteiger partial charge in [0.25, 0.3) is 0 Å². The Bertz CT molecular complexity index is 669. The van der Waals surface area contributed by atoms with Gasteiger partial charge in [-0.05, 0) is 56.1 Å². The number of Topliss-reactive ketones (excluding diaryl/α,β-unsaturated/α-hetero) is 1. The van der Waals surface area contributed by atoms with Crippen molar-refractivity contribution in [2.75, 3.05) is 6.61 Å². The van der Waals surface area contributed by atoms with Crippen LogP contribution in [0.3, 0.4) is 0 Å². The molecule has 20 heavy (non-hydrogen) atoms. The summed E-state index contributed by atoms with van der Waals surface area (Å²) in [6.45, 7) is -0.107. The molecule has 0 aliphatic heterocycles. The molecule has 0 radical (unpaired) electrons. The van der Waals surface area contributed by atoms with Gasteiger partial charge in [0, 0.05) is 11.1 Å². The zero-order valence-electron chi connectivity index (χ0n) is 10.1. The van der Waals surface area contributed by atoms with Gasteiger partial charge in [-0.3, -0.25) is 9.59 Å². The van der Waals surface area contributed by atoms with Crippen molar-refractivity contribution in [3.63, 3.8) is 0 Å². The molecular weight excluding hydrogens is 410 g/mol. The van der Waals surface area contributed by atoms with Crippen LogP contribution in [-0.4, -0.2) is 18.3 Å². The number of amides is 1. The van der Waals surface area contributed by atoms with Crippen LogP contribution in [0.2, 0.25) is 0 Å². The number of thiophene rings is 1. The van der Waals surface area contributed by atoms with Crippen LogP contribution in [0.5, 0.6) is 5.75 Å². The molecule has 1 heterocycles. The first-order valence-corrected chi connectivity index (χ1v) is 7.88. The van der Waals surface area contributed by atoms with Gasteiger partial charge in [-0.15, -0.1) is 11.3 Å². The van der Waals surface area contributed by atoms with Gasteiger partial charge in [-0.2, -0.15) is 0 Å². The fraction of sp³-hybridized carbons (Fsp3) is 0.0769. The number of ether oxygens (including phenoxy) is 1. The Hall–Kier alpha value is -1.18. The Morgan fingerprint density at radius 3 is 2.60 bits per heavy atom. The molecule has 0 saturated carbocycles. The number of carbonyl (C=O) groups is 2. The summed E-state index contributed by atoms with van der Waals surface area (Å²) in [4.78, 5) is 23.1. The molecule has 0 fully saturated rings. The molecule has 7 heteroatoms. The Morgan fingerprint density at radius 2 is 2.00 bits per heavy atom. The summed E-state index contributed by atoms with van der Waals surface area (Å²) in [5.74, 6) is -0.255. The lowest BCUT2D eigenvalue weighted by molar-refractivity contribution is 0.0921. The number of primary amides is 1. The molecule has 0 spiro atoms. The van der Waals surface area contributed by atoms with Gasteiger partial charge in [0.2, 0.25) is 11.7 Å². The van der Waals surface area contributed by atoms with Crippen molar-refractivity contribution < 1.29 is 14.3 Å². The molecule has 0 aliphatic rings. The number of rotatable bonds is 5.